The van der Waals surface area contributed by atoms with Crippen molar-refractivity contribution >= 4 is 43.7 Å². The van der Waals surface area contributed by atoms with Crippen LogP contribution >= 0.6 is 0 Å². The van der Waals surface area contributed by atoms with Gasteiger partial charge in [0.05, 0.1) is 24.5 Å². The normalized spacial score (nSPS) is 23.5. The maximum absolute atomic E-state index is 13.5. The van der Waals surface area contributed by atoms with Crippen LogP contribution in [0.25, 0.3) is 6.08 Å². The molecule has 2 aromatic carbocycles. The van der Waals surface area contributed by atoms with Gasteiger partial charge in [0, 0.05) is 7.05 Å². The summed E-state index contributed by atoms with van der Waals surface area (Å²) in [5.74, 6) is -0.504. The zero-order chi connectivity index (χ0) is 34.2. The molecule has 2 N–H and O–H groups in total. The van der Waals surface area contributed by atoms with Crippen LogP contribution in [0.2, 0.25) is 11.4 Å². The Morgan fingerprint density at radius 2 is 1.65 bits per heavy atom. The molecule has 0 saturated carbocycles. The number of allylic oxidation sites excluding steroid dienone is 1. The summed E-state index contributed by atoms with van der Waals surface area (Å²) < 4.78 is 19.3. The molecule has 2 fully saturated rings. The molecule has 2 aliphatic heterocycles. The Morgan fingerprint density at radius 1 is 1.00 bits per heavy atom. The van der Waals surface area contributed by atoms with Gasteiger partial charge in [-0.3, -0.25) is 14.5 Å². The van der Waals surface area contributed by atoms with Crippen molar-refractivity contribution in [2.75, 3.05) is 13.7 Å². The molecule has 6 rings (SSSR count). The lowest BCUT2D eigenvalue weighted by atomic mass is 9.58. The molecule has 10 heteroatoms. The van der Waals surface area contributed by atoms with E-state index in [0.29, 0.717) is 37.4 Å². The average molecular weight is 668 g/mol. The van der Waals surface area contributed by atoms with Crippen LogP contribution < -0.4 is 10.4 Å². The van der Waals surface area contributed by atoms with E-state index < -0.39 is 33.4 Å². The number of hydrogen-bond acceptors (Lipinski definition) is 7. The van der Waals surface area contributed by atoms with E-state index in [4.69, 9.17) is 13.5 Å². The van der Waals surface area contributed by atoms with Crippen LogP contribution in [-0.4, -0.2) is 62.0 Å². The molecule has 48 heavy (non-hydrogen) atoms. The minimum atomic E-state index is -2.91. The summed E-state index contributed by atoms with van der Waals surface area (Å²) in [6.45, 7) is 8.88. The number of likely N-dealkylation sites (tertiary alicyclic amines) is 1. The average Bonchev–Trinajstić information content (AvgIpc) is 3.61. The van der Waals surface area contributed by atoms with Crippen LogP contribution in [0.4, 0.5) is 0 Å². The Bertz CT molecular complexity index is 1660. The molecule has 0 unspecified atom stereocenters. The topological polar surface area (TPSA) is 109 Å². The van der Waals surface area contributed by atoms with Gasteiger partial charge in [0.1, 0.15) is 18.1 Å². The Kier molecular flexibility index (Phi) is 9.84. The number of aliphatic hydroxyl groups is 1. The molecule has 3 heterocycles. The lowest BCUT2D eigenvalue weighted by Crippen LogP contribution is -2.66. The van der Waals surface area contributed by atoms with Crippen LogP contribution in [0.15, 0.2) is 93.9 Å². The van der Waals surface area contributed by atoms with Crippen molar-refractivity contribution in [2.24, 2.45) is 17.8 Å². The molecule has 3 aliphatic rings. The summed E-state index contributed by atoms with van der Waals surface area (Å²) >= 11 is 0. The minimum absolute atomic E-state index is 0.159. The first kappa shape index (κ1) is 34.3. The molecule has 0 spiro atoms. The van der Waals surface area contributed by atoms with Crippen molar-refractivity contribution in [1.29, 1.82) is 0 Å². The Morgan fingerprint density at radius 3 is 2.23 bits per heavy atom. The fraction of sp³-hybridized carbons (Fsp3) is 0.421. The Hall–Kier alpha value is -3.54. The van der Waals surface area contributed by atoms with E-state index in [2.05, 4.69) is 69.3 Å². The predicted molar refractivity (Wildman–Crippen MR) is 189 cm³/mol. The molecule has 2 amide bonds. The first-order valence-corrected chi connectivity index (χ1v) is 18.8. The second kappa shape index (κ2) is 13.8. The van der Waals surface area contributed by atoms with Crippen molar-refractivity contribution in [1.82, 2.24) is 4.90 Å². The highest BCUT2D eigenvalue weighted by Crippen LogP contribution is 2.51. The Balaban J connectivity index is 1.40. The number of aliphatic hydroxyl groups excluding tert-OH is 1. The van der Waals surface area contributed by atoms with Gasteiger partial charge in [0.15, 0.2) is 0 Å². The van der Waals surface area contributed by atoms with Gasteiger partial charge in [0.25, 0.3) is 8.32 Å². The molecule has 3 aromatic rings. The smallest absolute Gasteiger partial charge is 0.455 e. The quantitative estimate of drug-likeness (QED) is 0.179. The third kappa shape index (κ3) is 6.32. The van der Waals surface area contributed by atoms with E-state index in [1.165, 1.54) is 15.3 Å². The molecule has 0 radical (unpaired) electrons. The van der Waals surface area contributed by atoms with E-state index in [9.17, 15) is 19.7 Å². The molecule has 1 aliphatic carbocycles. The van der Waals surface area contributed by atoms with Gasteiger partial charge in [-0.15, -0.1) is 0 Å². The van der Waals surface area contributed by atoms with Crippen molar-refractivity contribution in [2.45, 2.75) is 71.0 Å². The van der Waals surface area contributed by atoms with E-state index >= 15 is 0 Å². The molecule has 4 atom stereocenters. The fourth-order valence-corrected chi connectivity index (χ4v) is 12.8. The molecule has 2 saturated heterocycles. The number of fused-ring (bicyclic) bond motifs is 3. The summed E-state index contributed by atoms with van der Waals surface area (Å²) in [6.07, 6.45) is 3.42. The Labute approximate surface area is 284 Å². The standard InChI is InChI=1S/C38H46BNO7Si/c1-25(20-27-17-18-28(23-41)46-27)16-19-33-34-26(21-31-35(32(34)22-39(44)47-33)37(43)40(5)36(31)42)24-45-48(38(2,3)4,29-12-8-6-9-13-29)30-14-10-7-11-15-30/h6-15,17-18,20,31-33,35,41,44H,16,19,21-24H2,1-5H3/b25-20+/t31-,32+,33-,35-/m1/s1. The molecule has 252 valence electrons. The molecule has 1 aromatic heterocycles. The van der Waals surface area contributed by atoms with Crippen LogP contribution in [-0.2, 0) is 25.3 Å². The van der Waals surface area contributed by atoms with E-state index in [0.717, 1.165) is 16.7 Å². The first-order chi connectivity index (χ1) is 22.9. The summed E-state index contributed by atoms with van der Waals surface area (Å²) in [5, 5.41) is 22.5. The number of rotatable bonds is 10. The van der Waals surface area contributed by atoms with E-state index in [1.54, 1.807) is 13.1 Å². The SMILES string of the molecule is C/C(=C\c1ccc(CO)o1)CC[C@H]1OB(O)C[C@H]2C1=C(CO[Si](c1ccccc1)(c1ccccc1)C(C)(C)C)C[C@H]1C(=O)N(C)C(=O)[C@H]12. The summed E-state index contributed by atoms with van der Waals surface area (Å²) in [6, 6.07) is 24.5. The van der Waals surface area contributed by atoms with Gasteiger partial charge < -0.3 is 23.6 Å². The molecule has 8 nitrogen and oxygen atoms in total. The van der Waals surface area contributed by atoms with Crippen molar-refractivity contribution in [3.05, 3.63) is 101 Å². The lowest BCUT2D eigenvalue weighted by Gasteiger charge is -2.46. The largest absolute Gasteiger partial charge is 0.459 e. The second-order valence-electron chi connectivity index (χ2n) is 14.5. The van der Waals surface area contributed by atoms with Gasteiger partial charge in [0.2, 0.25) is 11.8 Å². The first-order valence-electron chi connectivity index (χ1n) is 16.9. The third-order valence-corrected chi connectivity index (χ3v) is 15.4. The summed E-state index contributed by atoms with van der Waals surface area (Å²) in [5.41, 5.74) is 3.06. The number of imide groups is 1. The zero-order valence-corrected chi connectivity index (χ0v) is 29.5. The molecular formula is C38H46BNO7Si. The van der Waals surface area contributed by atoms with Crippen molar-refractivity contribution in [3.8, 4) is 0 Å². The van der Waals surface area contributed by atoms with Crippen molar-refractivity contribution < 1.29 is 33.2 Å². The van der Waals surface area contributed by atoms with E-state index in [-0.39, 0.29) is 35.7 Å². The summed E-state index contributed by atoms with van der Waals surface area (Å²) in [7, 11) is -2.38. The van der Waals surface area contributed by atoms with Gasteiger partial charge >= 0.3 is 7.12 Å². The third-order valence-electron chi connectivity index (χ3n) is 10.4. The zero-order valence-electron chi connectivity index (χ0n) is 28.5. The van der Waals surface area contributed by atoms with Crippen LogP contribution in [0, 0.1) is 17.8 Å². The van der Waals surface area contributed by atoms with Crippen LogP contribution in [0.3, 0.4) is 0 Å². The molecular weight excluding hydrogens is 621 g/mol. The van der Waals surface area contributed by atoms with Crippen LogP contribution in [0.1, 0.15) is 58.5 Å². The molecule has 0 bridgehead atoms. The van der Waals surface area contributed by atoms with Gasteiger partial charge in [-0.25, -0.2) is 0 Å². The second-order valence-corrected chi connectivity index (χ2v) is 18.8. The highest BCUT2D eigenvalue weighted by molar-refractivity contribution is 6.99. The van der Waals surface area contributed by atoms with Gasteiger partial charge in [-0.1, -0.05) is 87.0 Å². The number of carbonyl (C=O) groups is 2. The number of benzene rings is 2. The van der Waals surface area contributed by atoms with E-state index in [1.807, 2.05) is 31.2 Å². The minimum Gasteiger partial charge on any atom is -0.459 e. The highest BCUT2D eigenvalue weighted by atomic mass is 28.4. The number of carbonyl (C=O) groups excluding carboxylic acids is 2. The monoisotopic (exact) mass is 667 g/mol. The maximum Gasteiger partial charge on any atom is 0.455 e. The lowest BCUT2D eigenvalue weighted by molar-refractivity contribution is -0.138. The van der Waals surface area contributed by atoms with Crippen LogP contribution in [0.5, 0.6) is 0 Å². The highest BCUT2D eigenvalue weighted by Gasteiger charge is 2.57. The number of amides is 2. The predicted octanol–water partition coefficient (Wildman–Crippen LogP) is 4.96. The fourth-order valence-electron chi connectivity index (χ4n) is 8.24. The maximum atomic E-state index is 13.5. The summed E-state index contributed by atoms with van der Waals surface area (Å²) in [4.78, 5) is 28.3. The van der Waals surface area contributed by atoms with Gasteiger partial charge in [-0.2, -0.15) is 0 Å². The number of nitrogens with zero attached hydrogens (tertiary/aromatic N) is 1. The van der Waals surface area contributed by atoms with Crippen molar-refractivity contribution in [3.63, 3.8) is 0 Å². The van der Waals surface area contributed by atoms with Gasteiger partial charge in [-0.05, 0) is 83.2 Å². The number of hydrogen-bond donors (Lipinski definition) is 2. The number of furan rings is 1.